The number of aromatic nitrogens is 4. The van der Waals surface area contributed by atoms with Crippen molar-refractivity contribution >= 4 is 65.0 Å². The van der Waals surface area contributed by atoms with Crippen molar-refractivity contribution in [1.29, 1.82) is 0 Å². The zero-order chi connectivity index (χ0) is 39.6. The number of furan rings is 1. The second kappa shape index (κ2) is 13.9. The Labute approximate surface area is 348 Å². The Morgan fingerprint density at radius 2 is 0.917 bits per heavy atom. The fraction of sp³-hybridized carbons (Fsp3) is 0. The van der Waals surface area contributed by atoms with Crippen LogP contribution >= 0.6 is 11.3 Å². The highest BCUT2D eigenvalue weighted by atomic mass is 32.1. The Balaban J connectivity index is 1.03. The smallest absolute Gasteiger partial charge is 0.164 e. The third-order valence-corrected chi connectivity index (χ3v) is 12.4. The van der Waals surface area contributed by atoms with Crippen LogP contribution in [0.3, 0.4) is 0 Å². The van der Waals surface area contributed by atoms with Crippen LogP contribution < -0.4 is 0 Å². The summed E-state index contributed by atoms with van der Waals surface area (Å²) in [5.41, 5.74) is 10.9. The van der Waals surface area contributed by atoms with Gasteiger partial charge in [-0.3, -0.25) is 0 Å². The quantitative estimate of drug-likeness (QED) is 0.168. The van der Waals surface area contributed by atoms with E-state index in [0.717, 1.165) is 86.9 Å². The van der Waals surface area contributed by atoms with Gasteiger partial charge in [-0.25, -0.2) is 19.9 Å². The van der Waals surface area contributed by atoms with E-state index >= 15 is 0 Å². The summed E-state index contributed by atoms with van der Waals surface area (Å²) >= 11 is 1.70. The normalized spacial score (nSPS) is 11.7. The lowest BCUT2D eigenvalue weighted by Gasteiger charge is -2.11. The summed E-state index contributed by atoms with van der Waals surface area (Å²) in [7, 11) is 0. The molecule has 3 aromatic heterocycles. The maximum absolute atomic E-state index is 6.52. The SMILES string of the molecule is c1ccc(-c2cccc(-c3nc(-c4ccc(-c5cccc6ccccc56)cc4)nc(-c4ccc5ccc6oc7ccc8sc(-c9ccccc9)nc8c7c6c5c4)n3)c2)cc1. The first-order valence-corrected chi connectivity index (χ1v) is 20.8. The van der Waals surface area contributed by atoms with Crippen LogP contribution in [0.2, 0.25) is 0 Å². The van der Waals surface area contributed by atoms with Crippen molar-refractivity contribution in [1.82, 2.24) is 19.9 Å². The Morgan fingerprint density at radius 1 is 0.350 bits per heavy atom. The molecule has 0 saturated heterocycles. The van der Waals surface area contributed by atoms with Gasteiger partial charge in [0.25, 0.3) is 0 Å². The summed E-state index contributed by atoms with van der Waals surface area (Å²) in [5.74, 6) is 1.81. The van der Waals surface area contributed by atoms with E-state index in [1.54, 1.807) is 11.3 Å². The molecule has 12 aromatic rings. The van der Waals surface area contributed by atoms with Gasteiger partial charge in [0.1, 0.15) is 16.2 Å². The Hall–Kier alpha value is -7.80. The summed E-state index contributed by atoms with van der Waals surface area (Å²) in [6.07, 6.45) is 0. The van der Waals surface area contributed by atoms with Crippen LogP contribution in [0.1, 0.15) is 0 Å². The average Bonchev–Trinajstić information content (AvgIpc) is 3.94. The molecule has 60 heavy (non-hydrogen) atoms. The van der Waals surface area contributed by atoms with E-state index in [0.29, 0.717) is 17.5 Å². The van der Waals surface area contributed by atoms with E-state index in [-0.39, 0.29) is 0 Å². The van der Waals surface area contributed by atoms with Gasteiger partial charge >= 0.3 is 0 Å². The van der Waals surface area contributed by atoms with Crippen LogP contribution in [0, 0.1) is 0 Å². The molecule has 9 aromatic carbocycles. The van der Waals surface area contributed by atoms with Crippen molar-refractivity contribution < 1.29 is 4.42 Å². The molecule has 0 radical (unpaired) electrons. The average molecular weight is 785 g/mol. The number of benzene rings is 9. The molecular weight excluding hydrogens is 753 g/mol. The van der Waals surface area contributed by atoms with Gasteiger partial charge in [-0.1, -0.05) is 164 Å². The lowest BCUT2D eigenvalue weighted by atomic mass is 9.97. The van der Waals surface area contributed by atoms with Gasteiger partial charge in [0.05, 0.1) is 15.6 Å². The van der Waals surface area contributed by atoms with E-state index in [4.69, 9.17) is 24.4 Å². The van der Waals surface area contributed by atoms with Crippen molar-refractivity contribution in [2.75, 3.05) is 0 Å². The Bertz CT molecular complexity index is 3590. The zero-order valence-electron chi connectivity index (χ0n) is 32.1. The topological polar surface area (TPSA) is 64.7 Å². The number of thiazole rings is 1. The van der Waals surface area contributed by atoms with Crippen molar-refractivity contribution in [3.63, 3.8) is 0 Å². The fourth-order valence-electron chi connectivity index (χ4n) is 8.41. The highest BCUT2D eigenvalue weighted by Crippen LogP contribution is 2.42. The predicted octanol–water partition coefficient (Wildman–Crippen LogP) is 14.7. The Morgan fingerprint density at radius 3 is 1.73 bits per heavy atom. The summed E-state index contributed by atoms with van der Waals surface area (Å²) in [6.45, 7) is 0. The minimum absolute atomic E-state index is 0.593. The third kappa shape index (κ3) is 5.84. The molecular formula is C54H32N4OS. The molecule has 0 saturated carbocycles. The van der Waals surface area contributed by atoms with Crippen molar-refractivity contribution in [2.24, 2.45) is 0 Å². The number of nitrogens with zero attached hydrogens (tertiary/aromatic N) is 4. The van der Waals surface area contributed by atoms with Crippen LogP contribution in [0.5, 0.6) is 0 Å². The van der Waals surface area contributed by atoms with Gasteiger partial charge in [0.2, 0.25) is 0 Å². The maximum atomic E-state index is 6.52. The predicted molar refractivity (Wildman–Crippen MR) is 248 cm³/mol. The van der Waals surface area contributed by atoms with Gasteiger partial charge in [-0.15, -0.1) is 11.3 Å². The first kappa shape index (κ1) is 34.3. The van der Waals surface area contributed by atoms with E-state index in [1.165, 1.54) is 16.3 Å². The highest BCUT2D eigenvalue weighted by molar-refractivity contribution is 7.21. The third-order valence-electron chi connectivity index (χ3n) is 11.4. The largest absolute Gasteiger partial charge is 0.456 e. The van der Waals surface area contributed by atoms with Crippen LogP contribution in [-0.2, 0) is 0 Å². The lowest BCUT2D eigenvalue weighted by Crippen LogP contribution is -2.00. The van der Waals surface area contributed by atoms with E-state index in [9.17, 15) is 0 Å². The number of rotatable bonds is 6. The first-order chi connectivity index (χ1) is 29.7. The van der Waals surface area contributed by atoms with Crippen LogP contribution in [0.4, 0.5) is 0 Å². The summed E-state index contributed by atoms with van der Waals surface area (Å²) in [6, 6.07) is 67.5. The monoisotopic (exact) mass is 784 g/mol. The molecule has 0 unspecified atom stereocenters. The van der Waals surface area contributed by atoms with E-state index < -0.39 is 0 Å². The molecule has 0 amide bonds. The summed E-state index contributed by atoms with van der Waals surface area (Å²) in [4.78, 5) is 20.8. The molecule has 6 heteroatoms. The molecule has 280 valence electrons. The standard InChI is InChI=1S/C54H32N4OS/c1-3-11-33(12-4-1)39-17-9-18-40(31-39)52-56-51(37-24-21-35(22-25-37)43-20-10-16-34-13-7-8-19-42(34)43)57-53(58-52)41-26-23-36-27-28-45-48(44(36)32-41)49-46(59-45)29-30-47-50(49)55-54(60-47)38-14-5-2-6-15-38/h1-32H. The second-order valence-corrected chi connectivity index (χ2v) is 16.0. The molecule has 3 heterocycles. The lowest BCUT2D eigenvalue weighted by molar-refractivity contribution is 0.669. The molecule has 0 spiro atoms. The van der Waals surface area contributed by atoms with E-state index in [2.05, 4.69) is 182 Å². The summed E-state index contributed by atoms with van der Waals surface area (Å²) in [5, 5.41) is 7.63. The molecule has 12 rings (SSSR count). The number of hydrogen-bond acceptors (Lipinski definition) is 6. The summed E-state index contributed by atoms with van der Waals surface area (Å²) < 4.78 is 7.64. The minimum Gasteiger partial charge on any atom is -0.456 e. The fourth-order valence-corrected chi connectivity index (χ4v) is 9.39. The van der Waals surface area contributed by atoms with Gasteiger partial charge in [-0.05, 0) is 74.1 Å². The Kier molecular flexibility index (Phi) is 7.96. The molecule has 0 aliphatic carbocycles. The zero-order valence-corrected chi connectivity index (χ0v) is 32.9. The molecule has 0 aliphatic heterocycles. The second-order valence-electron chi connectivity index (χ2n) is 15.0. The van der Waals surface area contributed by atoms with Gasteiger partial charge in [0, 0.05) is 27.6 Å². The molecule has 5 nitrogen and oxygen atoms in total. The van der Waals surface area contributed by atoms with Gasteiger partial charge in [-0.2, -0.15) is 0 Å². The maximum Gasteiger partial charge on any atom is 0.164 e. The molecule has 0 bridgehead atoms. The van der Waals surface area contributed by atoms with E-state index in [1.807, 2.05) is 12.1 Å². The van der Waals surface area contributed by atoms with Crippen LogP contribution in [-0.4, -0.2) is 19.9 Å². The number of hydrogen-bond donors (Lipinski definition) is 0. The van der Waals surface area contributed by atoms with Crippen molar-refractivity contribution in [2.45, 2.75) is 0 Å². The minimum atomic E-state index is 0.593. The van der Waals surface area contributed by atoms with Gasteiger partial charge in [0.15, 0.2) is 17.5 Å². The molecule has 0 aliphatic rings. The van der Waals surface area contributed by atoms with Crippen molar-refractivity contribution in [3.8, 4) is 67.0 Å². The number of fused-ring (bicyclic) bond motifs is 8. The first-order valence-electron chi connectivity index (χ1n) is 20.0. The van der Waals surface area contributed by atoms with Crippen molar-refractivity contribution in [3.05, 3.63) is 194 Å². The molecule has 0 atom stereocenters. The van der Waals surface area contributed by atoms with Gasteiger partial charge < -0.3 is 4.42 Å². The molecule has 0 fully saturated rings. The van der Waals surface area contributed by atoms with Crippen LogP contribution in [0.15, 0.2) is 199 Å². The highest BCUT2D eigenvalue weighted by Gasteiger charge is 2.19. The van der Waals surface area contributed by atoms with Crippen LogP contribution in [0.25, 0.3) is 121 Å². The molecule has 0 N–H and O–H groups in total.